The molecule has 1 fully saturated rings. The van der Waals surface area contributed by atoms with E-state index in [0.29, 0.717) is 26.3 Å². The Bertz CT molecular complexity index is 398. The van der Waals surface area contributed by atoms with E-state index in [1.54, 1.807) is 11.0 Å². The molecule has 0 amide bonds. The van der Waals surface area contributed by atoms with Crippen LogP contribution >= 0.6 is 0 Å². The molecule has 6 heteroatoms. The standard InChI is InChI=1S/C9H9FN4O/c10-7-6-12-8(5-11)13-9(7)14-1-3-15-4-2-14/h6H,1-4H2. The van der Waals surface area contributed by atoms with Crippen LogP contribution in [-0.4, -0.2) is 36.3 Å². The van der Waals surface area contributed by atoms with Gasteiger partial charge in [-0.25, -0.2) is 9.37 Å². The first kappa shape index (κ1) is 9.80. The van der Waals surface area contributed by atoms with Crippen molar-refractivity contribution in [3.63, 3.8) is 0 Å². The summed E-state index contributed by atoms with van der Waals surface area (Å²) in [6.45, 7) is 2.26. The van der Waals surface area contributed by atoms with E-state index in [1.165, 1.54) is 0 Å². The number of hydrogen-bond donors (Lipinski definition) is 0. The van der Waals surface area contributed by atoms with E-state index in [-0.39, 0.29) is 11.6 Å². The quantitative estimate of drug-likeness (QED) is 0.665. The molecule has 0 bridgehead atoms. The fraction of sp³-hybridized carbons (Fsp3) is 0.444. The van der Waals surface area contributed by atoms with Crippen LogP contribution in [0, 0.1) is 17.1 Å². The molecule has 0 aromatic carbocycles. The predicted molar refractivity (Wildman–Crippen MR) is 49.7 cm³/mol. The molecule has 0 saturated carbocycles. The van der Waals surface area contributed by atoms with Crippen LogP contribution < -0.4 is 4.90 Å². The monoisotopic (exact) mass is 208 g/mol. The average molecular weight is 208 g/mol. The summed E-state index contributed by atoms with van der Waals surface area (Å²) in [5.74, 6) is -0.335. The van der Waals surface area contributed by atoms with Gasteiger partial charge in [0.05, 0.1) is 19.4 Å². The molecule has 15 heavy (non-hydrogen) atoms. The summed E-state index contributed by atoms with van der Waals surface area (Å²) in [7, 11) is 0. The average Bonchev–Trinajstić information content (AvgIpc) is 2.31. The van der Waals surface area contributed by atoms with Gasteiger partial charge in [-0.2, -0.15) is 10.2 Å². The Morgan fingerprint density at radius 2 is 2.20 bits per heavy atom. The fourth-order valence-corrected chi connectivity index (χ4v) is 1.41. The molecule has 0 spiro atoms. The van der Waals surface area contributed by atoms with Crippen LogP contribution in [0.1, 0.15) is 5.82 Å². The lowest BCUT2D eigenvalue weighted by molar-refractivity contribution is 0.122. The number of anilines is 1. The second-order valence-electron chi connectivity index (χ2n) is 3.08. The summed E-state index contributed by atoms with van der Waals surface area (Å²) < 4.78 is 18.5. The first-order chi connectivity index (χ1) is 7.31. The maximum atomic E-state index is 13.4. The number of morpholine rings is 1. The SMILES string of the molecule is N#Cc1ncc(F)c(N2CCOCC2)n1. The van der Waals surface area contributed by atoms with Gasteiger partial charge in [-0.15, -0.1) is 0 Å². The summed E-state index contributed by atoms with van der Waals surface area (Å²) in [6, 6.07) is 1.79. The van der Waals surface area contributed by atoms with Crippen LogP contribution in [-0.2, 0) is 4.74 Å². The molecule has 1 aromatic rings. The van der Waals surface area contributed by atoms with Crippen LogP contribution in [0.25, 0.3) is 0 Å². The lowest BCUT2D eigenvalue weighted by Gasteiger charge is -2.27. The van der Waals surface area contributed by atoms with Gasteiger partial charge >= 0.3 is 0 Å². The van der Waals surface area contributed by atoms with Crippen molar-refractivity contribution >= 4 is 5.82 Å². The van der Waals surface area contributed by atoms with Crippen LogP contribution in [0.3, 0.4) is 0 Å². The minimum atomic E-state index is -0.504. The van der Waals surface area contributed by atoms with E-state index in [9.17, 15) is 4.39 Å². The second-order valence-corrected chi connectivity index (χ2v) is 3.08. The van der Waals surface area contributed by atoms with Gasteiger partial charge in [-0.1, -0.05) is 0 Å². The first-order valence-corrected chi connectivity index (χ1v) is 4.56. The zero-order valence-corrected chi connectivity index (χ0v) is 7.98. The Kier molecular flexibility index (Phi) is 2.74. The van der Waals surface area contributed by atoms with Gasteiger partial charge in [0.2, 0.25) is 5.82 Å². The molecule has 0 radical (unpaired) electrons. The topological polar surface area (TPSA) is 62.0 Å². The maximum absolute atomic E-state index is 13.4. The Morgan fingerprint density at radius 3 is 2.87 bits per heavy atom. The van der Waals surface area contributed by atoms with Crippen LogP contribution in [0.5, 0.6) is 0 Å². The molecular formula is C9H9FN4O. The molecule has 0 unspecified atom stereocenters. The highest BCUT2D eigenvalue weighted by molar-refractivity contribution is 5.40. The van der Waals surface area contributed by atoms with Gasteiger partial charge < -0.3 is 9.64 Å². The number of ether oxygens (including phenoxy) is 1. The number of halogens is 1. The molecule has 1 aromatic heterocycles. The van der Waals surface area contributed by atoms with E-state index in [2.05, 4.69) is 9.97 Å². The minimum Gasteiger partial charge on any atom is -0.378 e. The summed E-state index contributed by atoms with van der Waals surface area (Å²) >= 11 is 0. The van der Waals surface area contributed by atoms with Crippen molar-refractivity contribution in [2.75, 3.05) is 31.2 Å². The first-order valence-electron chi connectivity index (χ1n) is 4.56. The van der Waals surface area contributed by atoms with Crippen molar-refractivity contribution in [3.05, 3.63) is 17.8 Å². The summed E-state index contributed by atoms with van der Waals surface area (Å²) in [6.07, 6.45) is 1.02. The van der Waals surface area contributed by atoms with Gasteiger partial charge in [0, 0.05) is 13.1 Å². The van der Waals surface area contributed by atoms with E-state index in [4.69, 9.17) is 10.00 Å². The third-order valence-corrected chi connectivity index (χ3v) is 2.14. The van der Waals surface area contributed by atoms with Crippen LogP contribution in [0.15, 0.2) is 6.20 Å². The normalized spacial score (nSPS) is 16.1. The number of hydrogen-bond acceptors (Lipinski definition) is 5. The molecule has 0 atom stereocenters. The molecule has 2 heterocycles. The highest BCUT2D eigenvalue weighted by Crippen LogP contribution is 2.16. The Morgan fingerprint density at radius 1 is 1.47 bits per heavy atom. The van der Waals surface area contributed by atoms with Gasteiger partial charge in [0.1, 0.15) is 6.07 Å². The molecule has 1 aliphatic heterocycles. The summed E-state index contributed by atoms with van der Waals surface area (Å²) in [5, 5.41) is 8.61. The predicted octanol–water partition coefficient (Wildman–Crippen LogP) is 0.324. The molecule has 1 saturated heterocycles. The summed E-state index contributed by atoms with van der Waals surface area (Å²) in [4.78, 5) is 9.14. The van der Waals surface area contributed by atoms with Crippen molar-refractivity contribution in [3.8, 4) is 6.07 Å². The molecule has 0 aliphatic carbocycles. The lowest BCUT2D eigenvalue weighted by atomic mass is 10.4. The smallest absolute Gasteiger partial charge is 0.234 e. The van der Waals surface area contributed by atoms with Crippen molar-refractivity contribution in [1.82, 2.24) is 9.97 Å². The second kappa shape index (κ2) is 4.19. The number of nitriles is 1. The van der Waals surface area contributed by atoms with E-state index < -0.39 is 5.82 Å². The number of aromatic nitrogens is 2. The van der Waals surface area contributed by atoms with E-state index in [0.717, 1.165) is 6.20 Å². The van der Waals surface area contributed by atoms with Crippen molar-refractivity contribution in [2.45, 2.75) is 0 Å². The van der Waals surface area contributed by atoms with Crippen LogP contribution in [0.4, 0.5) is 10.2 Å². The highest BCUT2D eigenvalue weighted by Gasteiger charge is 2.17. The van der Waals surface area contributed by atoms with Crippen molar-refractivity contribution < 1.29 is 9.13 Å². The third kappa shape index (κ3) is 2.02. The highest BCUT2D eigenvalue weighted by atomic mass is 19.1. The van der Waals surface area contributed by atoms with Crippen molar-refractivity contribution in [1.29, 1.82) is 5.26 Å². The molecule has 5 nitrogen and oxygen atoms in total. The largest absolute Gasteiger partial charge is 0.378 e. The minimum absolute atomic E-state index is 0.0158. The Hall–Kier alpha value is -1.74. The lowest BCUT2D eigenvalue weighted by Crippen LogP contribution is -2.37. The zero-order valence-electron chi connectivity index (χ0n) is 7.98. The van der Waals surface area contributed by atoms with Gasteiger partial charge in [0.15, 0.2) is 11.6 Å². The molecule has 1 aliphatic rings. The molecule has 2 rings (SSSR count). The van der Waals surface area contributed by atoms with Gasteiger partial charge in [-0.05, 0) is 0 Å². The van der Waals surface area contributed by atoms with Crippen LogP contribution in [0.2, 0.25) is 0 Å². The molecule has 78 valence electrons. The maximum Gasteiger partial charge on any atom is 0.234 e. The van der Waals surface area contributed by atoms with Gasteiger partial charge in [-0.3, -0.25) is 0 Å². The fourth-order valence-electron chi connectivity index (χ4n) is 1.41. The van der Waals surface area contributed by atoms with E-state index >= 15 is 0 Å². The molecular weight excluding hydrogens is 199 g/mol. The number of rotatable bonds is 1. The number of nitrogens with zero attached hydrogens (tertiary/aromatic N) is 4. The van der Waals surface area contributed by atoms with E-state index in [1.807, 2.05) is 0 Å². The molecule has 0 N–H and O–H groups in total. The Labute approximate surface area is 86.1 Å². The third-order valence-electron chi connectivity index (χ3n) is 2.14. The van der Waals surface area contributed by atoms with Gasteiger partial charge in [0.25, 0.3) is 0 Å². The summed E-state index contributed by atoms with van der Waals surface area (Å²) in [5.41, 5.74) is 0. The zero-order chi connectivity index (χ0) is 10.7. The van der Waals surface area contributed by atoms with Crippen molar-refractivity contribution in [2.24, 2.45) is 0 Å². The Balaban J connectivity index is 2.29.